The van der Waals surface area contributed by atoms with Crippen LogP contribution in [0.3, 0.4) is 0 Å². The van der Waals surface area contributed by atoms with Gasteiger partial charge in [-0.25, -0.2) is 4.98 Å². The number of aromatic nitrogens is 2. The maximum absolute atomic E-state index is 5.14. The molecule has 1 rings (SSSR count). The third-order valence-corrected chi connectivity index (χ3v) is 2.36. The van der Waals surface area contributed by atoms with Crippen LogP contribution in [0.25, 0.3) is 0 Å². The molecule has 0 aliphatic rings. The standard InChI is InChI=1S/C12H22N4O/c1-5-10-14-11(9-12(15-10)17-4)13-7-6-8-16(2)3/h9H,5-8H2,1-4H3,(H,13,14,15). The van der Waals surface area contributed by atoms with Crippen molar-refractivity contribution in [1.82, 2.24) is 14.9 Å². The molecule has 0 aliphatic carbocycles. The molecular formula is C12H22N4O. The number of anilines is 1. The summed E-state index contributed by atoms with van der Waals surface area (Å²) in [6.45, 7) is 4.00. The zero-order chi connectivity index (χ0) is 12.7. The van der Waals surface area contributed by atoms with Crippen molar-refractivity contribution in [3.8, 4) is 5.88 Å². The monoisotopic (exact) mass is 238 g/mol. The molecule has 17 heavy (non-hydrogen) atoms. The summed E-state index contributed by atoms with van der Waals surface area (Å²) in [6, 6.07) is 1.83. The number of methoxy groups -OCH3 is 1. The highest BCUT2D eigenvalue weighted by molar-refractivity contribution is 5.38. The van der Waals surface area contributed by atoms with Gasteiger partial charge in [0.1, 0.15) is 11.6 Å². The Kier molecular flexibility index (Phi) is 5.69. The van der Waals surface area contributed by atoms with E-state index in [0.29, 0.717) is 5.88 Å². The van der Waals surface area contributed by atoms with E-state index in [1.54, 1.807) is 7.11 Å². The van der Waals surface area contributed by atoms with Gasteiger partial charge in [-0.05, 0) is 27.1 Å². The minimum atomic E-state index is 0.618. The summed E-state index contributed by atoms with van der Waals surface area (Å²) >= 11 is 0. The Morgan fingerprint density at radius 2 is 2.12 bits per heavy atom. The summed E-state index contributed by atoms with van der Waals surface area (Å²) in [4.78, 5) is 10.8. The van der Waals surface area contributed by atoms with E-state index in [-0.39, 0.29) is 0 Å². The van der Waals surface area contributed by atoms with Crippen molar-refractivity contribution in [2.75, 3.05) is 39.6 Å². The number of hydrogen-bond donors (Lipinski definition) is 1. The lowest BCUT2D eigenvalue weighted by Gasteiger charge is -2.11. The van der Waals surface area contributed by atoms with E-state index in [0.717, 1.165) is 37.6 Å². The highest BCUT2D eigenvalue weighted by atomic mass is 16.5. The maximum atomic E-state index is 5.14. The van der Waals surface area contributed by atoms with E-state index in [2.05, 4.69) is 34.3 Å². The minimum Gasteiger partial charge on any atom is -0.481 e. The fourth-order valence-corrected chi connectivity index (χ4v) is 1.44. The molecule has 0 saturated carbocycles. The third-order valence-electron chi connectivity index (χ3n) is 2.36. The average molecular weight is 238 g/mol. The molecule has 0 atom stereocenters. The second kappa shape index (κ2) is 7.06. The van der Waals surface area contributed by atoms with Crippen LogP contribution in [0.15, 0.2) is 6.07 Å². The van der Waals surface area contributed by atoms with Crippen molar-refractivity contribution in [3.05, 3.63) is 11.9 Å². The maximum Gasteiger partial charge on any atom is 0.218 e. The van der Waals surface area contributed by atoms with Gasteiger partial charge in [0.25, 0.3) is 0 Å². The highest BCUT2D eigenvalue weighted by Crippen LogP contribution is 2.13. The molecule has 0 aromatic carbocycles. The van der Waals surface area contributed by atoms with E-state index < -0.39 is 0 Å². The van der Waals surface area contributed by atoms with Crippen molar-refractivity contribution >= 4 is 5.82 Å². The van der Waals surface area contributed by atoms with Gasteiger partial charge in [0.05, 0.1) is 7.11 Å². The SMILES string of the molecule is CCc1nc(NCCCN(C)C)cc(OC)n1. The van der Waals surface area contributed by atoms with Gasteiger partial charge in [0.2, 0.25) is 5.88 Å². The molecule has 1 N–H and O–H groups in total. The fourth-order valence-electron chi connectivity index (χ4n) is 1.44. The van der Waals surface area contributed by atoms with Gasteiger partial charge in [-0.1, -0.05) is 6.92 Å². The number of nitrogens with one attached hydrogen (secondary N) is 1. The van der Waals surface area contributed by atoms with Crippen LogP contribution in [0.5, 0.6) is 5.88 Å². The van der Waals surface area contributed by atoms with E-state index in [4.69, 9.17) is 4.74 Å². The second-order valence-corrected chi connectivity index (χ2v) is 4.15. The molecule has 0 spiro atoms. The Morgan fingerprint density at radius 3 is 2.71 bits per heavy atom. The second-order valence-electron chi connectivity index (χ2n) is 4.15. The lowest BCUT2D eigenvalue weighted by molar-refractivity contribution is 0.395. The smallest absolute Gasteiger partial charge is 0.218 e. The Labute approximate surface area is 103 Å². The molecule has 0 unspecified atom stereocenters. The molecule has 1 heterocycles. The zero-order valence-electron chi connectivity index (χ0n) is 11.2. The summed E-state index contributed by atoms with van der Waals surface area (Å²) in [7, 11) is 5.77. The van der Waals surface area contributed by atoms with Crippen LogP contribution in [0, 0.1) is 0 Å². The first-order valence-electron chi connectivity index (χ1n) is 5.96. The predicted octanol–water partition coefficient (Wildman–Crippen LogP) is 1.41. The summed E-state index contributed by atoms with van der Waals surface area (Å²) in [5.74, 6) is 2.26. The van der Waals surface area contributed by atoms with E-state index in [1.165, 1.54) is 0 Å². The van der Waals surface area contributed by atoms with Crippen LogP contribution in [-0.4, -0.2) is 49.2 Å². The van der Waals surface area contributed by atoms with Gasteiger partial charge in [-0.2, -0.15) is 4.98 Å². The molecule has 0 radical (unpaired) electrons. The van der Waals surface area contributed by atoms with Gasteiger partial charge in [0, 0.05) is 19.0 Å². The molecule has 0 bridgehead atoms. The van der Waals surface area contributed by atoms with Crippen LogP contribution in [-0.2, 0) is 6.42 Å². The Balaban J connectivity index is 2.51. The Bertz CT molecular complexity index is 319. The first-order valence-corrected chi connectivity index (χ1v) is 5.96. The van der Waals surface area contributed by atoms with E-state index in [9.17, 15) is 0 Å². The van der Waals surface area contributed by atoms with Crippen LogP contribution in [0.4, 0.5) is 5.82 Å². The molecule has 96 valence electrons. The molecule has 1 aromatic heterocycles. The number of rotatable bonds is 7. The Morgan fingerprint density at radius 1 is 1.35 bits per heavy atom. The summed E-state index contributed by atoms with van der Waals surface area (Å²) in [6.07, 6.45) is 1.89. The van der Waals surface area contributed by atoms with Crippen molar-refractivity contribution in [2.24, 2.45) is 0 Å². The van der Waals surface area contributed by atoms with Crippen LogP contribution < -0.4 is 10.1 Å². The lowest BCUT2D eigenvalue weighted by Crippen LogP contribution is -2.16. The third kappa shape index (κ3) is 4.99. The van der Waals surface area contributed by atoms with Crippen LogP contribution >= 0.6 is 0 Å². The first-order chi connectivity index (χ1) is 8.15. The number of nitrogens with zero attached hydrogens (tertiary/aromatic N) is 3. The Hall–Kier alpha value is -1.36. The summed E-state index contributed by atoms with van der Waals surface area (Å²) < 4.78 is 5.14. The molecular weight excluding hydrogens is 216 g/mol. The summed E-state index contributed by atoms with van der Waals surface area (Å²) in [5, 5.41) is 3.29. The highest BCUT2D eigenvalue weighted by Gasteiger charge is 2.03. The van der Waals surface area contributed by atoms with Gasteiger partial charge in [-0.3, -0.25) is 0 Å². The molecule has 0 saturated heterocycles. The van der Waals surface area contributed by atoms with Crippen LogP contribution in [0.1, 0.15) is 19.2 Å². The van der Waals surface area contributed by atoms with Gasteiger partial charge in [0.15, 0.2) is 0 Å². The number of aryl methyl sites for hydroxylation is 1. The molecule has 0 fully saturated rings. The fraction of sp³-hybridized carbons (Fsp3) is 0.667. The minimum absolute atomic E-state index is 0.618. The molecule has 0 amide bonds. The molecule has 5 nitrogen and oxygen atoms in total. The number of hydrogen-bond acceptors (Lipinski definition) is 5. The summed E-state index contributed by atoms with van der Waals surface area (Å²) in [5.41, 5.74) is 0. The van der Waals surface area contributed by atoms with Crippen molar-refractivity contribution < 1.29 is 4.74 Å². The van der Waals surface area contributed by atoms with E-state index >= 15 is 0 Å². The zero-order valence-corrected chi connectivity index (χ0v) is 11.2. The molecule has 0 aliphatic heterocycles. The average Bonchev–Trinajstić information content (AvgIpc) is 2.34. The topological polar surface area (TPSA) is 50.3 Å². The molecule has 5 heteroatoms. The van der Waals surface area contributed by atoms with Crippen molar-refractivity contribution in [1.29, 1.82) is 0 Å². The van der Waals surface area contributed by atoms with E-state index in [1.807, 2.05) is 13.0 Å². The van der Waals surface area contributed by atoms with Gasteiger partial charge < -0.3 is 15.0 Å². The van der Waals surface area contributed by atoms with Crippen molar-refractivity contribution in [2.45, 2.75) is 19.8 Å². The first kappa shape index (κ1) is 13.7. The quantitative estimate of drug-likeness (QED) is 0.728. The van der Waals surface area contributed by atoms with Gasteiger partial charge in [-0.15, -0.1) is 0 Å². The van der Waals surface area contributed by atoms with Crippen molar-refractivity contribution in [3.63, 3.8) is 0 Å². The largest absolute Gasteiger partial charge is 0.481 e. The van der Waals surface area contributed by atoms with Gasteiger partial charge >= 0.3 is 0 Å². The predicted molar refractivity (Wildman–Crippen MR) is 69.6 cm³/mol. The number of ether oxygens (including phenoxy) is 1. The lowest BCUT2D eigenvalue weighted by atomic mass is 10.4. The normalized spacial score (nSPS) is 10.6. The molecule has 1 aromatic rings. The van der Waals surface area contributed by atoms with Crippen LogP contribution in [0.2, 0.25) is 0 Å².